The predicted octanol–water partition coefficient (Wildman–Crippen LogP) is 2.36. The van der Waals surface area contributed by atoms with Crippen LogP contribution in [0.4, 0.5) is 0 Å². The van der Waals surface area contributed by atoms with Crippen molar-refractivity contribution in [2.24, 2.45) is 0 Å². The van der Waals surface area contributed by atoms with Crippen LogP contribution in [0.3, 0.4) is 0 Å². The summed E-state index contributed by atoms with van der Waals surface area (Å²) < 4.78 is 7.11. The molecule has 1 N–H and O–H groups in total. The lowest BCUT2D eigenvalue weighted by Gasteiger charge is -2.35. The van der Waals surface area contributed by atoms with Gasteiger partial charge in [-0.25, -0.2) is 0 Å². The van der Waals surface area contributed by atoms with Gasteiger partial charge >= 0.3 is 0 Å². The Balaban J connectivity index is 1.98. The van der Waals surface area contributed by atoms with Crippen molar-refractivity contribution in [1.29, 1.82) is 0 Å². The zero-order valence-electron chi connectivity index (χ0n) is 11.0. The summed E-state index contributed by atoms with van der Waals surface area (Å²) in [6.07, 6.45) is 1.34. The van der Waals surface area contributed by atoms with Gasteiger partial charge in [-0.1, -0.05) is 6.92 Å². The Kier molecular flexibility index (Phi) is 5.63. The van der Waals surface area contributed by atoms with Crippen molar-refractivity contribution < 1.29 is 4.74 Å². The van der Waals surface area contributed by atoms with E-state index in [1.807, 2.05) is 11.3 Å². The number of morpholine rings is 1. The van der Waals surface area contributed by atoms with E-state index < -0.39 is 0 Å². The Bertz CT molecular complexity index is 372. The quantitative estimate of drug-likeness (QED) is 0.895. The van der Waals surface area contributed by atoms with Gasteiger partial charge in [-0.15, -0.1) is 11.3 Å². The van der Waals surface area contributed by atoms with Crippen LogP contribution in [0.2, 0.25) is 0 Å². The normalized spacial score (nSPS) is 23.2. The number of nitrogens with zero attached hydrogens (tertiary/aromatic N) is 1. The average Bonchev–Trinajstić information content (AvgIpc) is 2.74. The van der Waals surface area contributed by atoms with Crippen molar-refractivity contribution in [2.45, 2.75) is 25.5 Å². The van der Waals surface area contributed by atoms with E-state index in [0.717, 1.165) is 32.7 Å². The minimum Gasteiger partial charge on any atom is -0.374 e. The van der Waals surface area contributed by atoms with E-state index in [1.165, 1.54) is 9.35 Å². The van der Waals surface area contributed by atoms with Crippen molar-refractivity contribution in [3.05, 3.63) is 20.8 Å². The highest BCUT2D eigenvalue weighted by Crippen LogP contribution is 2.22. The Morgan fingerprint density at radius 2 is 2.50 bits per heavy atom. The van der Waals surface area contributed by atoms with Crippen LogP contribution in [0.5, 0.6) is 0 Å². The molecule has 2 heterocycles. The van der Waals surface area contributed by atoms with Crippen molar-refractivity contribution in [2.75, 3.05) is 33.3 Å². The number of ether oxygens (including phenoxy) is 1. The van der Waals surface area contributed by atoms with Crippen molar-refractivity contribution >= 4 is 27.3 Å². The third kappa shape index (κ3) is 4.03. The molecule has 2 rings (SSSR count). The molecule has 0 aliphatic carbocycles. The van der Waals surface area contributed by atoms with Crippen LogP contribution in [0, 0.1) is 0 Å². The number of nitrogens with one attached hydrogen (secondary N) is 1. The molecule has 0 bridgehead atoms. The number of likely N-dealkylation sites (N-methyl/N-ethyl adjacent to an activating group) is 2. The maximum atomic E-state index is 5.93. The number of thiophene rings is 1. The first-order valence-electron chi connectivity index (χ1n) is 6.45. The summed E-state index contributed by atoms with van der Waals surface area (Å²) in [6.45, 7) is 6.05. The molecule has 2 unspecified atom stereocenters. The molecule has 0 spiro atoms. The van der Waals surface area contributed by atoms with E-state index in [0.29, 0.717) is 12.1 Å². The number of rotatable bonds is 5. The molecule has 1 fully saturated rings. The van der Waals surface area contributed by atoms with Crippen LogP contribution in [-0.2, 0) is 11.2 Å². The van der Waals surface area contributed by atoms with E-state index in [-0.39, 0.29) is 0 Å². The lowest BCUT2D eigenvalue weighted by atomic mass is 10.0. The van der Waals surface area contributed by atoms with Gasteiger partial charge in [0.25, 0.3) is 0 Å². The van der Waals surface area contributed by atoms with Crippen molar-refractivity contribution in [3.8, 4) is 0 Å². The van der Waals surface area contributed by atoms with Crippen LogP contribution in [0.1, 0.15) is 11.8 Å². The summed E-state index contributed by atoms with van der Waals surface area (Å²) >= 11 is 5.33. The van der Waals surface area contributed by atoms with Gasteiger partial charge in [0.05, 0.1) is 12.7 Å². The molecule has 1 saturated heterocycles. The Morgan fingerprint density at radius 3 is 3.11 bits per heavy atom. The molecule has 1 aromatic rings. The van der Waals surface area contributed by atoms with E-state index in [9.17, 15) is 0 Å². The van der Waals surface area contributed by atoms with Crippen molar-refractivity contribution in [1.82, 2.24) is 10.2 Å². The van der Waals surface area contributed by atoms with Crippen LogP contribution >= 0.6 is 27.3 Å². The first-order valence-corrected chi connectivity index (χ1v) is 8.12. The molecule has 1 aromatic heterocycles. The minimum absolute atomic E-state index is 0.296. The molecular weight excluding hydrogens is 312 g/mol. The maximum Gasteiger partial charge on any atom is 0.0858 e. The van der Waals surface area contributed by atoms with Crippen LogP contribution in [0.15, 0.2) is 15.9 Å². The van der Waals surface area contributed by atoms with Gasteiger partial charge in [-0.3, -0.25) is 0 Å². The lowest BCUT2D eigenvalue weighted by molar-refractivity contribution is -0.0380. The predicted molar refractivity (Wildman–Crippen MR) is 80.4 cm³/mol. The van der Waals surface area contributed by atoms with Gasteiger partial charge in [-0.2, -0.15) is 0 Å². The molecule has 2 atom stereocenters. The monoisotopic (exact) mass is 332 g/mol. The summed E-state index contributed by atoms with van der Waals surface area (Å²) in [5.41, 5.74) is 0. The highest BCUT2D eigenvalue weighted by atomic mass is 79.9. The second-order valence-corrected chi connectivity index (χ2v) is 6.68. The highest BCUT2D eigenvalue weighted by Gasteiger charge is 2.26. The zero-order chi connectivity index (χ0) is 13.0. The number of halogens is 1. The molecule has 0 aromatic carbocycles. The largest absolute Gasteiger partial charge is 0.374 e. The summed E-state index contributed by atoms with van der Waals surface area (Å²) in [7, 11) is 2.17. The smallest absolute Gasteiger partial charge is 0.0858 e. The van der Waals surface area contributed by atoms with Crippen LogP contribution in [0.25, 0.3) is 0 Å². The Morgan fingerprint density at radius 1 is 1.67 bits per heavy atom. The molecule has 18 heavy (non-hydrogen) atoms. The van der Waals surface area contributed by atoms with E-state index in [2.05, 4.69) is 51.6 Å². The standard InChI is InChI=1S/C13H21BrN2OS/c1-3-15-12(7-11-6-10(14)9-18-11)13-8-16(2)4-5-17-13/h6,9,12-13,15H,3-5,7-8H2,1-2H3. The topological polar surface area (TPSA) is 24.5 Å². The number of hydrogen-bond acceptors (Lipinski definition) is 4. The molecule has 0 amide bonds. The molecule has 5 heteroatoms. The number of hydrogen-bond donors (Lipinski definition) is 1. The molecule has 0 saturated carbocycles. The third-order valence-corrected chi connectivity index (χ3v) is 4.97. The van der Waals surface area contributed by atoms with E-state index in [1.54, 1.807) is 0 Å². The lowest BCUT2D eigenvalue weighted by Crippen LogP contribution is -2.52. The second-order valence-electron chi connectivity index (χ2n) is 4.77. The van der Waals surface area contributed by atoms with Gasteiger partial charge in [0.15, 0.2) is 0 Å². The van der Waals surface area contributed by atoms with E-state index in [4.69, 9.17) is 4.74 Å². The molecule has 0 radical (unpaired) electrons. The molecule has 3 nitrogen and oxygen atoms in total. The minimum atomic E-state index is 0.296. The molecular formula is C13H21BrN2OS. The first kappa shape index (κ1) is 14.5. The van der Waals surface area contributed by atoms with Crippen LogP contribution < -0.4 is 5.32 Å². The zero-order valence-corrected chi connectivity index (χ0v) is 13.4. The SMILES string of the molecule is CCNC(Cc1cc(Br)cs1)C1CN(C)CCO1. The van der Waals surface area contributed by atoms with Gasteiger partial charge in [0.1, 0.15) is 0 Å². The molecule has 1 aliphatic rings. The molecule has 102 valence electrons. The summed E-state index contributed by atoms with van der Waals surface area (Å²) in [5, 5.41) is 5.72. The van der Waals surface area contributed by atoms with Gasteiger partial charge in [0.2, 0.25) is 0 Å². The van der Waals surface area contributed by atoms with Gasteiger partial charge in [-0.05, 0) is 42.0 Å². The first-order chi connectivity index (χ1) is 8.69. The second kappa shape index (κ2) is 7.01. The highest BCUT2D eigenvalue weighted by molar-refractivity contribution is 9.10. The summed E-state index contributed by atoms with van der Waals surface area (Å²) in [4.78, 5) is 3.76. The van der Waals surface area contributed by atoms with Crippen LogP contribution in [-0.4, -0.2) is 50.3 Å². The van der Waals surface area contributed by atoms with Gasteiger partial charge < -0.3 is 15.0 Å². The third-order valence-electron chi connectivity index (χ3n) is 3.25. The van der Waals surface area contributed by atoms with Gasteiger partial charge in [0, 0.05) is 33.9 Å². The fourth-order valence-corrected chi connectivity index (χ4v) is 3.84. The average molecular weight is 333 g/mol. The fourth-order valence-electron chi connectivity index (χ4n) is 2.33. The van der Waals surface area contributed by atoms with Crippen molar-refractivity contribution in [3.63, 3.8) is 0 Å². The Labute approximate surface area is 122 Å². The fraction of sp³-hybridized carbons (Fsp3) is 0.692. The Hall–Kier alpha value is 0.0600. The molecule has 1 aliphatic heterocycles. The van der Waals surface area contributed by atoms with E-state index >= 15 is 0 Å². The summed E-state index contributed by atoms with van der Waals surface area (Å²) in [6, 6.07) is 2.62. The summed E-state index contributed by atoms with van der Waals surface area (Å²) in [5.74, 6) is 0. The maximum absolute atomic E-state index is 5.93.